The molecule has 0 bridgehead atoms. The molecular formula is C22H33N. The lowest BCUT2D eigenvalue weighted by Gasteiger charge is -2.41. The Morgan fingerprint density at radius 2 is 1.00 bits per heavy atom. The Balaban J connectivity index is 0.000000615. The summed E-state index contributed by atoms with van der Waals surface area (Å²) in [5, 5.41) is 0. The third-order valence-corrected chi connectivity index (χ3v) is 4.49. The molecule has 1 nitrogen and oxygen atoms in total. The highest BCUT2D eigenvalue weighted by molar-refractivity contribution is 5.39. The van der Waals surface area contributed by atoms with Crippen molar-refractivity contribution in [1.29, 1.82) is 0 Å². The second-order valence-corrected chi connectivity index (χ2v) is 5.62. The zero-order valence-corrected chi connectivity index (χ0v) is 15.5. The molecule has 0 spiro atoms. The molecule has 0 atom stereocenters. The van der Waals surface area contributed by atoms with Crippen molar-refractivity contribution < 1.29 is 0 Å². The van der Waals surface area contributed by atoms with Gasteiger partial charge in [0.1, 0.15) is 0 Å². The van der Waals surface area contributed by atoms with Gasteiger partial charge in [-0.15, -0.1) is 0 Å². The van der Waals surface area contributed by atoms with Crippen LogP contribution in [-0.4, -0.2) is 25.0 Å². The highest BCUT2D eigenvalue weighted by atomic mass is 15.1. The number of piperidine rings is 1. The Morgan fingerprint density at radius 1 is 0.652 bits per heavy atom. The number of rotatable bonds is 2. The van der Waals surface area contributed by atoms with E-state index in [4.69, 9.17) is 0 Å². The molecule has 0 unspecified atom stereocenters. The van der Waals surface area contributed by atoms with Crippen LogP contribution in [0.5, 0.6) is 0 Å². The Kier molecular flexibility index (Phi) is 8.65. The van der Waals surface area contributed by atoms with Crippen molar-refractivity contribution in [3.63, 3.8) is 0 Å². The predicted molar refractivity (Wildman–Crippen MR) is 103 cm³/mol. The monoisotopic (exact) mass is 311 g/mol. The van der Waals surface area contributed by atoms with Crippen molar-refractivity contribution in [3.05, 3.63) is 71.8 Å². The molecule has 0 aromatic heterocycles. The van der Waals surface area contributed by atoms with Crippen LogP contribution in [-0.2, 0) is 5.41 Å². The summed E-state index contributed by atoms with van der Waals surface area (Å²) in [4.78, 5) is 2.43. The van der Waals surface area contributed by atoms with Crippen LogP contribution in [0.15, 0.2) is 60.7 Å². The summed E-state index contributed by atoms with van der Waals surface area (Å²) in [6.07, 6.45) is 2.41. The summed E-state index contributed by atoms with van der Waals surface area (Å²) in [6, 6.07) is 22.0. The Labute approximate surface area is 143 Å². The van der Waals surface area contributed by atoms with Gasteiger partial charge in [-0.3, -0.25) is 0 Å². The van der Waals surface area contributed by atoms with Crippen LogP contribution in [0.3, 0.4) is 0 Å². The number of nitrogens with zero attached hydrogens (tertiary/aromatic N) is 1. The van der Waals surface area contributed by atoms with E-state index in [0.717, 1.165) is 0 Å². The van der Waals surface area contributed by atoms with Crippen LogP contribution >= 0.6 is 0 Å². The fraction of sp³-hybridized carbons (Fsp3) is 0.455. The van der Waals surface area contributed by atoms with Crippen molar-refractivity contribution in [2.24, 2.45) is 0 Å². The summed E-state index contributed by atoms with van der Waals surface area (Å²) < 4.78 is 0. The molecule has 126 valence electrons. The molecule has 1 aliphatic heterocycles. The molecule has 0 N–H and O–H groups in total. The maximum Gasteiger partial charge on any atom is 0.0227 e. The average Bonchev–Trinajstić information content (AvgIpc) is 2.67. The molecule has 2 aromatic carbocycles. The summed E-state index contributed by atoms with van der Waals surface area (Å²) in [5.41, 5.74) is 3.14. The van der Waals surface area contributed by atoms with E-state index in [-0.39, 0.29) is 5.41 Å². The van der Waals surface area contributed by atoms with Gasteiger partial charge in [0.2, 0.25) is 0 Å². The first-order chi connectivity index (χ1) is 11.3. The minimum absolute atomic E-state index is 0.203. The van der Waals surface area contributed by atoms with Crippen LogP contribution in [0.4, 0.5) is 0 Å². The minimum Gasteiger partial charge on any atom is -0.306 e. The lowest BCUT2D eigenvalue weighted by Crippen LogP contribution is -2.41. The maximum absolute atomic E-state index is 2.43. The molecule has 0 saturated carbocycles. The fourth-order valence-electron chi connectivity index (χ4n) is 3.26. The van der Waals surface area contributed by atoms with Crippen LogP contribution < -0.4 is 0 Å². The van der Waals surface area contributed by atoms with Gasteiger partial charge in [-0.1, -0.05) is 88.4 Å². The van der Waals surface area contributed by atoms with E-state index in [0.29, 0.717) is 0 Å². The molecule has 1 saturated heterocycles. The van der Waals surface area contributed by atoms with E-state index in [2.05, 4.69) is 72.6 Å². The topological polar surface area (TPSA) is 3.24 Å². The van der Waals surface area contributed by atoms with Crippen molar-refractivity contribution in [2.45, 2.75) is 46.0 Å². The molecule has 1 heterocycles. The van der Waals surface area contributed by atoms with Crippen LogP contribution in [0, 0.1) is 0 Å². The lowest BCUT2D eigenvalue weighted by molar-refractivity contribution is 0.213. The second kappa shape index (κ2) is 10.2. The largest absolute Gasteiger partial charge is 0.306 e. The average molecular weight is 312 g/mol. The summed E-state index contributed by atoms with van der Waals surface area (Å²) in [5.74, 6) is 0. The van der Waals surface area contributed by atoms with E-state index in [1.807, 2.05) is 27.7 Å². The molecule has 23 heavy (non-hydrogen) atoms. The van der Waals surface area contributed by atoms with Gasteiger partial charge in [0.05, 0.1) is 0 Å². The molecule has 2 aromatic rings. The molecule has 0 aliphatic carbocycles. The number of likely N-dealkylation sites (tertiary alicyclic amines) is 1. The number of hydrogen-bond donors (Lipinski definition) is 0. The third kappa shape index (κ3) is 4.68. The quantitative estimate of drug-likeness (QED) is 0.682. The minimum atomic E-state index is 0.203. The van der Waals surface area contributed by atoms with Gasteiger partial charge in [-0.05, 0) is 44.1 Å². The molecular weight excluding hydrogens is 278 g/mol. The fourth-order valence-corrected chi connectivity index (χ4v) is 3.26. The van der Waals surface area contributed by atoms with E-state index < -0.39 is 0 Å². The summed E-state index contributed by atoms with van der Waals surface area (Å²) >= 11 is 0. The number of hydrogen-bond acceptors (Lipinski definition) is 1. The SMILES string of the molecule is CC.CC.CN1CCC(c2ccccc2)(c2ccccc2)CC1. The smallest absolute Gasteiger partial charge is 0.0227 e. The van der Waals surface area contributed by atoms with Gasteiger partial charge in [0.15, 0.2) is 0 Å². The van der Waals surface area contributed by atoms with E-state index in [9.17, 15) is 0 Å². The van der Waals surface area contributed by atoms with Crippen molar-refractivity contribution in [3.8, 4) is 0 Å². The zero-order chi connectivity index (χ0) is 17.1. The van der Waals surface area contributed by atoms with Crippen molar-refractivity contribution in [2.75, 3.05) is 20.1 Å². The lowest BCUT2D eigenvalue weighted by atomic mass is 9.68. The number of benzene rings is 2. The van der Waals surface area contributed by atoms with E-state index in [1.165, 1.54) is 37.1 Å². The highest BCUT2D eigenvalue weighted by Gasteiger charge is 2.36. The van der Waals surface area contributed by atoms with Crippen molar-refractivity contribution >= 4 is 0 Å². The standard InChI is InChI=1S/C18H21N.2C2H6/c1-19-14-12-18(13-15-19,16-8-4-2-5-9-16)17-10-6-3-7-11-17;2*1-2/h2-11H,12-15H2,1H3;2*1-2H3. The summed E-state index contributed by atoms with van der Waals surface area (Å²) in [6.45, 7) is 10.3. The molecule has 0 radical (unpaired) electrons. The first-order valence-corrected chi connectivity index (χ1v) is 9.11. The van der Waals surface area contributed by atoms with Gasteiger partial charge in [-0.2, -0.15) is 0 Å². The normalized spacial score (nSPS) is 16.4. The van der Waals surface area contributed by atoms with E-state index in [1.54, 1.807) is 0 Å². The third-order valence-electron chi connectivity index (χ3n) is 4.49. The van der Waals surface area contributed by atoms with E-state index >= 15 is 0 Å². The first kappa shape index (κ1) is 19.4. The second-order valence-electron chi connectivity index (χ2n) is 5.62. The Morgan fingerprint density at radius 3 is 1.35 bits per heavy atom. The van der Waals surface area contributed by atoms with Gasteiger partial charge < -0.3 is 4.90 Å². The Hall–Kier alpha value is -1.60. The van der Waals surface area contributed by atoms with Gasteiger partial charge in [0.25, 0.3) is 0 Å². The summed E-state index contributed by atoms with van der Waals surface area (Å²) in [7, 11) is 2.22. The van der Waals surface area contributed by atoms with Crippen LogP contribution in [0.1, 0.15) is 51.7 Å². The molecule has 3 rings (SSSR count). The van der Waals surface area contributed by atoms with Crippen molar-refractivity contribution in [1.82, 2.24) is 4.90 Å². The first-order valence-electron chi connectivity index (χ1n) is 9.11. The molecule has 1 heteroatoms. The highest BCUT2D eigenvalue weighted by Crippen LogP contribution is 2.41. The molecule has 0 amide bonds. The zero-order valence-electron chi connectivity index (χ0n) is 15.5. The van der Waals surface area contributed by atoms with Crippen LogP contribution in [0.2, 0.25) is 0 Å². The Bertz CT molecular complexity index is 469. The predicted octanol–water partition coefficient (Wildman–Crippen LogP) is 5.75. The molecule has 1 aliphatic rings. The van der Waals surface area contributed by atoms with Gasteiger partial charge >= 0.3 is 0 Å². The van der Waals surface area contributed by atoms with Gasteiger partial charge in [-0.25, -0.2) is 0 Å². The molecule has 1 fully saturated rings. The van der Waals surface area contributed by atoms with Crippen LogP contribution in [0.25, 0.3) is 0 Å². The maximum atomic E-state index is 2.43. The van der Waals surface area contributed by atoms with Gasteiger partial charge in [0, 0.05) is 5.41 Å².